The quantitative estimate of drug-likeness (QED) is 0.713. The summed E-state index contributed by atoms with van der Waals surface area (Å²) in [6, 6.07) is 5.43. The first kappa shape index (κ1) is 17.8. The van der Waals surface area contributed by atoms with Crippen molar-refractivity contribution in [3.8, 4) is 5.75 Å². The van der Waals surface area contributed by atoms with E-state index in [1.807, 2.05) is 12.3 Å². The Hall–Kier alpha value is -1.53. The van der Waals surface area contributed by atoms with Gasteiger partial charge in [0.25, 0.3) is 0 Å². The van der Waals surface area contributed by atoms with Gasteiger partial charge in [0.2, 0.25) is 0 Å². The summed E-state index contributed by atoms with van der Waals surface area (Å²) in [5.41, 5.74) is 2.00. The molecule has 0 spiro atoms. The molecule has 1 aromatic heterocycles. The average molecular weight is 338 g/mol. The zero-order valence-electron chi connectivity index (χ0n) is 14.1. The fourth-order valence-corrected chi connectivity index (χ4v) is 3.36. The maximum absolute atomic E-state index is 11.5. The van der Waals surface area contributed by atoms with Crippen molar-refractivity contribution in [3.63, 3.8) is 0 Å². The van der Waals surface area contributed by atoms with Crippen LogP contribution in [0.1, 0.15) is 32.3 Å². The summed E-state index contributed by atoms with van der Waals surface area (Å²) in [5.74, 6) is 0.402. The first-order valence-electron chi connectivity index (χ1n) is 8.15. The van der Waals surface area contributed by atoms with E-state index < -0.39 is 10.1 Å². The molecule has 6 heteroatoms. The number of fused-ring (bicyclic) bond motifs is 1. The highest BCUT2D eigenvalue weighted by Crippen LogP contribution is 2.30. The molecule has 23 heavy (non-hydrogen) atoms. The predicted octanol–water partition coefficient (Wildman–Crippen LogP) is 3.17. The highest BCUT2D eigenvalue weighted by Gasteiger charge is 2.14. The van der Waals surface area contributed by atoms with Crippen LogP contribution in [0.5, 0.6) is 5.75 Å². The highest BCUT2D eigenvalue weighted by atomic mass is 32.2. The van der Waals surface area contributed by atoms with Gasteiger partial charge in [0.05, 0.1) is 6.26 Å². The molecule has 0 amide bonds. The summed E-state index contributed by atoms with van der Waals surface area (Å²) >= 11 is 0. The molecule has 0 saturated carbocycles. The van der Waals surface area contributed by atoms with E-state index in [0.717, 1.165) is 61.6 Å². The van der Waals surface area contributed by atoms with Gasteiger partial charge in [0, 0.05) is 23.6 Å². The van der Waals surface area contributed by atoms with Gasteiger partial charge in [-0.05, 0) is 50.0 Å². The molecule has 0 unspecified atom stereocenters. The molecule has 0 aliphatic rings. The van der Waals surface area contributed by atoms with Crippen molar-refractivity contribution in [1.82, 2.24) is 9.88 Å². The van der Waals surface area contributed by atoms with Gasteiger partial charge in [-0.3, -0.25) is 0 Å². The van der Waals surface area contributed by atoms with Crippen LogP contribution in [0, 0.1) is 0 Å². The Labute approximate surface area is 138 Å². The molecular weight excluding hydrogens is 312 g/mol. The summed E-state index contributed by atoms with van der Waals surface area (Å²) < 4.78 is 28.1. The molecule has 5 nitrogen and oxygen atoms in total. The van der Waals surface area contributed by atoms with Gasteiger partial charge in [-0.2, -0.15) is 8.42 Å². The Morgan fingerprint density at radius 2 is 1.83 bits per heavy atom. The number of aromatic nitrogens is 1. The van der Waals surface area contributed by atoms with Crippen molar-refractivity contribution < 1.29 is 12.6 Å². The zero-order valence-corrected chi connectivity index (χ0v) is 14.9. The van der Waals surface area contributed by atoms with Crippen molar-refractivity contribution in [2.45, 2.75) is 33.1 Å². The van der Waals surface area contributed by atoms with Crippen molar-refractivity contribution in [3.05, 3.63) is 30.0 Å². The van der Waals surface area contributed by atoms with E-state index in [-0.39, 0.29) is 0 Å². The van der Waals surface area contributed by atoms with E-state index in [0.29, 0.717) is 5.75 Å². The normalized spacial score (nSPS) is 12.2. The maximum atomic E-state index is 11.5. The monoisotopic (exact) mass is 338 g/mol. The standard InChI is InChI=1S/C17H26N2O3S/c1-4-10-19(11-5-2)12-9-14-13-18-15-7-6-8-16(17(14)15)22-23(3,20)21/h6-8,13,18H,4-5,9-12H2,1-3H3. The molecule has 128 valence electrons. The van der Waals surface area contributed by atoms with E-state index >= 15 is 0 Å². The summed E-state index contributed by atoms with van der Waals surface area (Å²) in [6.45, 7) is 7.51. The summed E-state index contributed by atoms with van der Waals surface area (Å²) in [4.78, 5) is 5.65. The van der Waals surface area contributed by atoms with Gasteiger partial charge in [0.1, 0.15) is 0 Å². The molecule has 1 aromatic carbocycles. The lowest BCUT2D eigenvalue weighted by Crippen LogP contribution is -2.27. The van der Waals surface area contributed by atoms with Crippen LogP contribution in [0.15, 0.2) is 24.4 Å². The second kappa shape index (κ2) is 7.84. The fraction of sp³-hybridized carbons (Fsp3) is 0.529. The minimum Gasteiger partial charge on any atom is -0.382 e. The van der Waals surface area contributed by atoms with Crippen LogP contribution in [-0.4, -0.2) is 44.2 Å². The Bertz CT molecular complexity index is 731. The topological polar surface area (TPSA) is 62.4 Å². The first-order chi connectivity index (χ1) is 10.9. The zero-order chi connectivity index (χ0) is 16.9. The largest absolute Gasteiger partial charge is 0.382 e. The Balaban J connectivity index is 2.23. The van der Waals surface area contributed by atoms with Crippen molar-refractivity contribution in [1.29, 1.82) is 0 Å². The number of benzene rings is 1. The van der Waals surface area contributed by atoms with Crippen LogP contribution in [0.2, 0.25) is 0 Å². The molecule has 0 saturated heterocycles. The van der Waals surface area contributed by atoms with Gasteiger partial charge in [-0.15, -0.1) is 0 Å². The molecule has 2 rings (SSSR count). The van der Waals surface area contributed by atoms with Crippen LogP contribution < -0.4 is 4.18 Å². The molecule has 1 N–H and O–H groups in total. The minimum atomic E-state index is -3.54. The summed E-state index contributed by atoms with van der Waals surface area (Å²) in [6.07, 6.45) is 6.16. The van der Waals surface area contributed by atoms with Gasteiger partial charge >= 0.3 is 10.1 Å². The number of hydrogen-bond acceptors (Lipinski definition) is 4. The molecule has 0 bridgehead atoms. The number of rotatable bonds is 9. The molecule has 0 aliphatic carbocycles. The lowest BCUT2D eigenvalue weighted by atomic mass is 10.1. The number of hydrogen-bond donors (Lipinski definition) is 1. The molecular formula is C17H26N2O3S. The number of nitrogens with one attached hydrogen (secondary N) is 1. The van der Waals surface area contributed by atoms with Gasteiger partial charge in [0.15, 0.2) is 5.75 Å². The van der Waals surface area contributed by atoms with Crippen LogP contribution in [0.3, 0.4) is 0 Å². The highest BCUT2D eigenvalue weighted by molar-refractivity contribution is 7.86. The average Bonchev–Trinajstić information content (AvgIpc) is 2.88. The molecule has 0 fully saturated rings. The van der Waals surface area contributed by atoms with E-state index in [1.165, 1.54) is 0 Å². The third kappa shape index (κ3) is 4.97. The minimum absolute atomic E-state index is 0.402. The van der Waals surface area contributed by atoms with Crippen LogP contribution in [-0.2, 0) is 16.5 Å². The van der Waals surface area contributed by atoms with Gasteiger partial charge in [-0.25, -0.2) is 0 Å². The van der Waals surface area contributed by atoms with Crippen molar-refractivity contribution >= 4 is 21.0 Å². The molecule has 0 radical (unpaired) electrons. The van der Waals surface area contributed by atoms with Crippen LogP contribution in [0.25, 0.3) is 10.9 Å². The van der Waals surface area contributed by atoms with E-state index in [4.69, 9.17) is 4.18 Å². The Kier molecular flexibility index (Phi) is 6.07. The van der Waals surface area contributed by atoms with Gasteiger partial charge in [-0.1, -0.05) is 19.9 Å². The number of nitrogens with zero attached hydrogens (tertiary/aromatic N) is 1. The first-order valence-corrected chi connectivity index (χ1v) is 9.97. The number of H-pyrrole nitrogens is 1. The van der Waals surface area contributed by atoms with Crippen LogP contribution >= 0.6 is 0 Å². The molecule has 0 aliphatic heterocycles. The predicted molar refractivity (Wildman–Crippen MR) is 94.5 cm³/mol. The second-order valence-corrected chi connectivity index (χ2v) is 7.45. The maximum Gasteiger partial charge on any atom is 0.306 e. The third-order valence-corrected chi connectivity index (χ3v) is 4.25. The van der Waals surface area contributed by atoms with Crippen molar-refractivity contribution in [2.75, 3.05) is 25.9 Å². The Morgan fingerprint density at radius 1 is 1.13 bits per heavy atom. The van der Waals surface area contributed by atoms with E-state index in [9.17, 15) is 8.42 Å². The second-order valence-electron chi connectivity index (χ2n) is 5.87. The molecule has 1 heterocycles. The molecule has 2 aromatic rings. The lowest BCUT2D eigenvalue weighted by molar-refractivity contribution is 0.278. The summed E-state index contributed by atoms with van der Waals surface area (Å²) in [7, 11) is -3.54. The van der Waals surface area contributed by atoms with Gasteiger partial charge < -0.3 is 14.1 Å². The van der Waals surface area contributed by atoms with E-state index in [2.05, 4.69) is 23.7 Å². The SMILES string of the molecule is CCCN(CCC)CCc1c[nH]c2cccc(OS(C)(=O)=O)c12. The van der Waals surface area contributed by atoms with Crippen molar-refractivity contribution in [2.24, 2.45) is 0 Å². The third-order valence-electron chi connectivity index (χ3n) is 3.77. The Morgan fingerprint density at radius 3 is 2.43 bits per heavy atom. The number of aromatic amines is 1. The summed E-state index contributed by atoms with van der Waals surface area (Å²) in [5, 5.41) is 0.867. The lowest BCUT2D eigenvalue weighted by Gasteiger charge is -2.20. The smallest absolute Gasteiger partial charge is 0.306 e. The fourth-order valence-electron chi connectivity index (χ4n) is 2.90. The molecule has 0 atom stereocenters. The van der Waals surface area contributed by atoms with E-state index in [1.54, 1.807) is 12.1 Å². The van der Waals surface area contributed by atoms with Crippen LogP contribution in [0.4, 0.5) is 0 Å².